The number of thiophene rings is 1. The fourth-order valence-corrected chi connectivity index (χ4v) is 3.02. The first kappa shape index (κ1) is 14.1. The molecule has 19 heavy (non-hydrogen) atoms. The van der Waals surface area contributed by atoms with Crippen LogP contribution in [0.15, 0.2) is 40.9 Å². The first-order chi connectivity index (χ1) is 9.11. The van der Waals surface area contributed by atoms with Crippen molar-refractivity contribution in [2.24, 2.45) is 0 Å². The van der Waals surface area contributed by atoms with Gasteiger partial charge in [0, 0.05) is 19.9 Å². The van der Waals surface area contributed by atoms with E-state index in [2.05, 4.69) is 21.2 Å². The quantitative estimate of drug-likeness (QED) is 0.850. The molecule has 0 saturated heterocycles. The van der Waals surface area contributed by atoms with Crippen LogP contribution < -0.4 is 5.32 Å². The lowest BCUT2D eigenvalue weighted by Crippen LogP contribution is -2.21. The van der Waals surface area contributed by atoms with Crippen molar-refractivity contribution in [1.82, 2.24) is 0 Å². The Labute approximate surface area is 124 Å². The molecule has 1 atom stereocenters. The number of carbonyl (C=O) groups is 1. The summed E-state index contributed by atoms with van der Waals surface area (Å²) in [5.41, 5.74) is 0.865. The minimum atomic E-state index is -0.484. The summed E-state index contributed by atoms with van der Waals surface area (Å²) in [7, 11) is 1.40. The number of halogens is 1. The van der Waals surface area contributed by atoms with E-state index in [9.17, 15) is 4.79 Å². The average molecular weight is 340 g/mol. The number of methoxy groups -OCH3 is 1. The Hall–Kier alpha value is -1.33. The van der Waals surface area contributed by atoms with Crippen molar-refractivity contribution in [1.29, 1.82) is 0 Å². The molecule has 3 nitrogen and oxygen atoms in total. The standard InChI is InChI=1S/C14H14BrNO2S/c1-9-7-8-12(19-9)13(14(17)18-2)16-11-6-4-3-5-10(11)15/h3-8,13,16H,1-2H3. The Kier molecular flexibility index (Phi) is 4.61. The van der Waals surface area contributed by atoms with E-state index in [0.29, 0.717) is 0 Å². The fraction of sp³-hybridized carbons (Fsp3) is 0.214. The molecule has 0 amide bonds. The number of esters is 1. The summed E-state index contributed by atoms with van der Waals surface area (Å²) in [6, 6.07) is 11.2. The van der Waals surface area contributed by atoms with Crippen LogP contribution in [0.4, 0.5) is 5.69 Å². The van der Waals surface area contributed by atoms with Gasteiger partial charge in [-0.05, 0) is 47.1 Å². The summed E-state index contributed by atoms with van der Waals surface area (Å²) in [5, 5.41) is 3.22. The van der Waals surface area contributed by atoms with Crippen molar-refractivity contribution < 1.29 is 9.53 Å². The van der Waals surface area contributed by atoms with Crippen molar-refractivity contribution in [3.05, 3.63) is 50.6 Å². The number of rotatable bonds is 4. The smallest absolute Gasteiger partial charge is 0.333 e. The van der Waals surface area contributed by atoms with Crippen molar-refractivity contribution in [2.75, 3.05) is 12.4 Å². The van der Waals surface area contributed by atoms with Gasteiger partial charge in [-0.25, -0.2) is 4.79 Å². The molecule has 0 fully saturated rings. The summed E-state index contributed by atoms with van der Waals surface area (Å²) in [4.78, 5) is 14.1. The number of carbonyl (C=O) groups excluding carboxylic acids is 1. The molecular weight excluding hydrogens is 326 g/mol. The maximum Gasteiger partial charge on any atom is 0.333 e. The number of benzene rings is 1. The number of aryl methyl sites for hydroxylation is 1. The van der Waals surface area contributed by atoms with Crippen molar-refractivity contribution in [3.8, 4) is 0 Å². The first-order valence-corrected chi connectivity index (χ1v) is 7.38. The van der Waals surface area contributed by atoms with Gasteiger partial charge in [0.15, 0.2) is 6.04 Å². The molecule has 0 spiro atoms. The van der Waals surface area contributed by atoms with Gasteiger partial charge in [0.1, 0.15) is 0 Å². The Balaban J connectivity index is 2.29. The van der Waals surface area contributed by atoms with Crippen LogP contribution in [0.25, 0.3) is 0 Å². The Morgan fingerprint density at radius 3 is 2.63 bits per heavy atom. The van der Waals surface area contributed by atoms with Crippen LogP contribution in [0, 0.1) is 6.92 Å². The van der Waals surface area contributed by atoms with Crippen molar-refractivity contribution in [3.63, 3.8) is 0 Å². The molecule has 100 valence electrons. The molecule has 2 rings (SSSR count). The Morgan fingerprint density at radius 1 is 1.32 bits per heavy atom. The number of hydrogen-bond donors (Lipinski definition) is 1. The van der Waals surface area contributed by atoms with Gasteiger partial charge in [-0.2, -0.15) is 0 Å². The topological polar surface area (TPSA) is 38.3 Å². The van der Waals surface area contributed by atoms with Gasteiger partial charge < -0.3 is 10.1 Å². The average Bonchev–Trinajstić information content (AvgIpc) is 2.83. The molecule has 0 radical (unpaired) electrons. The summed E-state index contributed by atoms with van der Waals surface area (Å²) in [5.74, 6) is -0.294. The molecule has 1 heterocycles. The highest BCUT2D eigenvalue weighted by Crippen LogP contribution is 2.30. The third kappa shape index (κ3) is 3.36. The van der Waals surface area contributed by atoms with Gasteiger partial charge in [-0.1, -0.05) is 12.1 Å². The number of hydrogen-bond acceptors (Lipinski definition) is 4. The van der Waals surface area contributed by atoms with Crippen molar-refractivity contribution in [2.45, 2.75) is 13.0 Å². The molecule has 0 aliphatic carbocycles. The Bertz CT molecular complexity index is 582. The van der Waals surface area contributed by atoms with E-state index in [4.69, 9.17) is 4.74 Å². The predicted molar refractivity (Wildman–Crippen MR) is 81.6 cm³/mol. The largest absolute Gasteiger partial charge is 0.467 e. The molecule has 1 N–H and O–H groups in total. The summed E-state index contributed by atoms with van der Waals surface area (Å²) in [6.07, 6.45) is 0. The molecule has 1 aromatic heterocycles. The van der Waals surface area contributed by atoms with E-state index in [1.807, 2.05) is 43.3 Å². The summed E-state index contributed by atoms with van der Waals surface area (Å²) < 4.78 is 5.79. The number of ether oxygens (including phenoxy) is 1. The van der Waals surface area contributed by atoms with E-state index >= 15 is 0 Å². The maximum absolute atomic E-state index is 11.9. The number of anilines is 1. The zero-order valence-electron chi connectivity index (χ0n) is 10.6. The molecule has 1 unspecified atom stereocenters. The van der Waals surface area contributed by atoms with E-state index in [0.717, 1.165) is 19.9 Å². The van der Waals surface area contributed by atoms with Crippen molar-refractivity contribution >= 4 is 38.9 Å². The molecule has 1 aromatic carbocycles. The third-order valence-electron chi connectivity index (χ3n) is 2.66. The first-order valence-electron chi connectivity index (χ1n) is 5.77. The van der Waals surface area contributed by atoms with Gasteiger partial charge in [-0.3, -0.25) is 0 Å². The normalized spacial score (nSPS) is 11.9. The van der Waals surface area contributed by atoms with Crippen LogP contribution in [-0.2, 0) is 9.53 Å². The molecular formula is C14H14BrNO2S. The van der Waals surface area contributed by atoms with Gasteiger partial charge in [0.05, 0.1) is 7.11 Å². The van der Waals surface area contributed by atoms with Crippen LogP contribution in [0.2, 0.25) is 0 Å². The molecule has 2 aromatic rings. The van der Waals surface area contributed by atoms with E-state index in [1.165, 1.54) is 7.11 Å². The zero-order valence-corrected chi connectivity index (χ0v) is 13.0. The predicted octanol–water partition coefficient (Wildman–Crippen LogP) is 4.15. The maximum atomic E-state index is 11.9. The molecule has 0 aliphatic heterocycles. The van der Waals surface area contributed by atoms with Crippen LogP contribution >= 0.6 is 27.3 Å². The highest BCUT2D eigenvalue weighted by Gasteiger charge is 2.23. The second-order valence-corrected chi connectivity index (χ2v) is 6.20. The lowest BCUT2D eigenvalue weighted by atomic mass is 10.2. The van der Waals surface area contributed by atoms with Gasteiger partial charge in [-0.15, -0.1) is 11.3 Å². The minimum Gasteiger partial charge on any atom is -0.467 e. The fourth-order valence-electron chi connectivity index (χ4n) is 1.71. The van der Waals surface area contributed by atoms with E-state index in [1.54, 1.807) is 11.3 Å². The van der Waals surface area contributed by atoms with Gasteiger partial charge >= 0.3 is 5.97 Å². The molecule has 0 saturated carbocycles. The highest BCUT2D eigenvalue weighted by molar-refractivity contribution is 9.10. The highest BCUT2D eigenvalue weighted by atomic mass is 79.9. The molecule has 0 aliphatic rings. The SMILES string of the molecule is COC(=O)C(Nc1ccccc1Br)c1ccc(C)s1. The monoisotopic (exact) mass is 339 g/mol. The van der Waals surface area contributed by atoms with Gasteiger partial charge in [0.2, 0.25) is 0 Å². The minimum absolute atomic E-state index is 0.294. The van der Waals surface area contributed by atoms with E-state index in [-0.39, 0.29) is 5.97 Å². The van der Waals surface area contributed by atoms with Crippen LogP contribution in [0.5, 0.6) is 0 Å². The molecule has 0 bridgehead atoms. The Morgan fingerprint density at radius 2 is 2.05 bits per heavy atom. The third-order valence-corrected chi connectivity index (χ3v) is 4.41. The summed E-state index contributed by atoms with van der Waals surface area (Å²) in [6.45, 7) is 2.01. The van der Waals surface area contributed by atoms with E-state index < -0.39 is 6.04 Å². The zero-order chi connectivity index (χ0) is 13.8. The number of nitrogens with one attached hydrogen (secondary N) is 1. The van der Waals surface area contributed by atoms with Crippen LogP contribution in [0.1, 0.15) is 15.8 Å². The number of para-hydroxylation sites is 1. The lowest BCUT2D eigenvalue weighted by Gasteiger charge is -2.17. The second-order valence-electron chi connectivity index (χ2n) is 4.03. The molecule has 5 heteroatoms. The van der Waals surface area contributed by atoms with Crippen LogP contribution in [0.3, 0.4) is 0 Å². The van der Waals surface area contributed by atoms with Gasteiger partial charge in [0.25, 0.3) is 0 Å². The van der Waals surface area contributed by atoms with Crippen LogP contribution in [-0.4, -0.2) is 13.1 Å². The lowest BCUT2D eigenvalue weighted by molar-refractivity contribution is -0.141. The summed E-state index contributed by atoms with van der Waals surface area (Å²) >= 11 is 5.05. The second kappa shape index (κ2) is 6.21.